The highest BCUT2D eigenvalue weighted by atomic mass is 16.5. The molecule has 0 unspecified atom stereocenters. The number of anilines is 1. The minimum atomic E-state index is 0.867. The van der Waals surface area contributed by atoms with Gasteiger partial charge in [-0.3, -0.25) is 0 Å². The van der Waals surface area contributed by atoms with Crippen LogP contribution in [0.15, 0.2) is 30.5 Å². The van der Waals surface area contributed by atoms with Crippen LogP contribution >= 0.6 is 0 Å². The molecule has 1 aromatic heterocycles. The molecule has 0 amide bonds. The van der Waals surface area contributed by atoms with E-state index in [0.717, 1.165) is 42.5 Å². The first-order valence-electron chi connectivity index (χ1n) is 5.83. The summed E-state index contributed by atoms with van der Waals surface area (Å²) in [6.07, 6.45) is 3.02. The lowest BCUT2D eigenvalue weighted by Crippen LogP contribution is -2.17. The van der Waals surface area contributed by atoms with Crippen molar-refractivity contribution in [2.24, 2.45) is 0 Å². The molecule has 0 saturated carbocycles. The number of fused-ring (bicyclic) bond motifs is 1. The highest BCUT2D eigenvalue weighted by molar-refractivity contribution is 5.66. The smallest absolute Gasteiger partial charge is 0.145 e. The van der Waals surface area contributed by atoms with E-state index in [0.29, 0.717) is 0 Å². The van der Waals surface area contributed by atoms with Gasteiger partial charge in [0.25, 0.3) is 0 Å². The molecule has 3 rings (SSSR count). The van der Waals surface area contributed by atoms with E-state index in [1.165, 1.54) is 0 Å². The Balaban J connectivity index is 2.12. The fourth-order valence-corrected chi connectivity index (χ4v) is 2.24. The van der Waals surface area contributed by atoms with Crippen LogP contribution in [-0.4, -0.2) is 23.2 Å². The summed E-state index contributed by atoms with van der Waals surface area (Å²) in [6.45, 7) is 2.03. The van der Waals surface area contributed by atoms with Crippen LogP contribution in [0.4, 0.5) is 5.82 Å². The second kappa shape index (κ2) is 4.13. The zero-order valence-electron chi connectivity index (χ0n) is 9.81. The molecule has 4 heteroatoms. The standard InChI is InChI=1S/C13H15N3O/c1-17-11-6-3-2-5-10(11)13-15-9-12-14-7-4-8-16(12)13/h2-3,5-6,9,14H,4,7-8H2,1H3. The maximum Gasteiger partial charge on any atom is 0.145 e. The average molecular weight is 229 g/mol. The number of para-hydroxylation sites is 1. The van der Waals surface area contributed by atoms with Gasteiger partial charge in [0.2, 0.25) is 0 Å². The van der Waals surface area contributed by atoms with Crippen LogP contribution in [0.5, 0.6) is 5.75 Å². The van der Waals surface area contributed by atoms with E-state index in [-0.39, 0.29) is 0 Å². The van der Waals surface area contributed by atoms with Gasteiger partial charge in [0.1, 0.15) is 17.4 Å². The highest BCUT2D eigenvalue weighted by Gasteiger charge is 2.16. The molecule has 0 saturated heterocycles. The number of aromatic nitrogens is 2. The van der Waals surface area contributed by atoms with Crippen LogP contribution in [0.3, 0.4) is 0 Å². The van der Waals surface area contributed by atoms with Crippen LogP contribution in [0.1, 0.15) is 6.42 Å². The van der Waals surface area contributed by atoms with Crippen molar-refractivity contribution in [3.63, 3.8) is 0 Å². The van der Waals surface area contributed by atoms with E-state index in [2.05, 4.69) is 14.9 Å². The van der Waals surface area contributed by atoms with E-state index in [4.69, 9.17) is 4.74 Å². The number of benzene rings is 1. The molecule has 0 aliphatic carbocycles. The number of ether oxygens (including phenoxy) is 1. The molecule has 0 fully saturated rings. The number of imidazole rings is 1. The third-order valence-electron chi connectivity index (χ3n) is 3.07. The number of methoxy groups -OCH3 is 1. The molecular formula is C13H15N3O. The number of hydrogen-bond acceptors (Lipinski definition) is 3. The summed E-state index contributed by atoms with van der Waals surface area (Å²) in [5.74, 6) is 2.94. The molecule has 88 valence electrons. The summed E-state index contributed by atoms with van der Waals surface area (Å²) in [7, 11) is 1.69. The van der Waals surface area contributed by atoms with Gasteiger partial charge in [0.15, 0.2) is 0 Å². The third kappa shape index (κ3) is 1.65. The number of nitrogens with zero attached hydrogens (tertiary/aromatic N) is 2. The van der Waals surface area contributed by atoms with E-state index >= 15 is 0 Å². The Bertz CT molecular complexity index is 533. The first-order valence-corrected chi connectivity index (χ1v) is 5.83. The Morgan fingerprint density at radius 3 is 3.12 bits per heavy atom. The minimum absolute atomic E-state index is 0.867. The van der Waals surface area contributed by atoms with Gasteiger partial charge in [-0.15, -0.1) is 0 Å². The molecular weight excluding hydrogens is 214 g/mol. The lowest BCUT2D eigenvalue weighted by molar-refractivity contribution is 0.416. The normalized spacial score (nSPS) is 13.9. The van der Waals surface area contributed by atoms with Crippen LogP contribution in [0.2, 0.25) is 0 Å². The van der Waals surface area contributed by atoms with Gasteiger partial charge in [0.05, 0.1) is 18.9 Å². The van der Waals surface area contributed by atoms with Crippen molar-refractivity contribution in [3.05, 3.63) is 30.5 Å². The van der Waals surface area contributed by atoms with Crippen molar-refractivity contribution < 1.29 is 4.74 Å². The van der Waals surface area contributed by atoms with Gasteiger partial charge in [-0.25, -0.2) is 4.98 Å². The molecule has 17 heavy (non-hydrogen) atoms. The summed E-state index contributed by atoms with van der Waals surface area (Å²) < 4.78 is 7.60. The largest absolute Gasteiger partial charge is 0.496 e. The van der Waals surface area contributed by atoms with Gasteiger partial charge in [-0.1, -0.05) is 12.1 Å². The van der Waals surface area contributed by atoms with Crippen LogP contribution in [-0.2, 0) is 6.54 Å². The zero-order chi connectivity index (χ0) is 11.7. The number of rotatable bonds is 2. The molecule has 0 bridgehead atoms. The second-order valence-corrected chi connectivity index (χ2v) is 4.10. The van der Waals surface area contributed by atoms with Crippen molar-refractivity contribution >= 4 is 5.82 Å². The maximum atomic E-state index is 5.39. The van der Waals surface area contributed by atoms with Gasteiger partial charge in [-0.05, 0) is 18.6 Å². The SMILES string of the molecule is COc1ccccc1-c1ncc2n1CCCN2. The number of nitrogens with one attached hydrogen (secondary N) is 1. The zero-order valence-corrected chi connectivity index (χ0v) is 9.81. The van der Waals surface area contributed by atoms with Crippen LogP contribution < -0.4 is 10.1 Å². The first kappa shape index (κ1) is 10.2. The topological polar surface area (TPSA) is 39.1 Å². The Morgan fingerprint density at radius 2 is 2.24 bits per heavy atom. The molecule has 4 nitrogen and oxygen atoms in total. The summed E-state index contributed by atoms with van der Waals surface area (Å²) in [6, 6.07) is 7.99. The highest BCUT2D eigenvalue weighted by Crippen LogP contribution is 2.31. The Morgan fingerprint density at radius 1 is 1.35 bits per heavy atom. The maximum absolute atomic E-state index is 5.39. The Hall–Kier alpha value is -1.97. The summed E-state index contributed by atoms with van der Waals surface area (Å²) in [5.41, 5.74) is 1.05. The number of hydrogen-bond donors (Lipinski definition) is 1. The van der Waals surface area contributed by atoms with E-state index in [1.807, 2.05) is 30.5 Å². The van der Waals surface area contributed by atoms with Crippen molar-refractivity contribution in [1.82, 2.24) is 9.55 Å². The summed E-state index contributed by atoms with van der Waals surface area (Å²) >= 11 is 0. The fraction of sp³-hybridized carbons (Fsp3) is 0.308. The minimum Gasteiger partial charge on any atom is -0.496 e. The molecule has 0 spiro atoms. The fourth-order valence-electron chi connectivity index (χ4n) is 2.24. The predicted octanol–water partition coefficient (Wildman–Crippen LogP) is 2.37. The lowest BCUT2D eigenvalue weighted by atomic mass is 10.2. The molecule has 2 heterocycles. The van der Waals surface area contributed by atoms with E-state index in [9.17, 15) is 0 Å². The first-order chi connectivity index (χ1) is 8.40. The van der Waals surface area contributed by atoms with Crippen LogP contribution in [0, 0.1) is 0 Å². The molecule has 1 aliphatic heterocycles. The van der Waals surface area contributed by atoms with Crippen molar-refractivity contribution in [3.8, 4) is 17.1 Å². The Kier molecular flexibility index (Phi) is 2.48. The molecule has 2 aromatic rings. The predicted molar refractivity (Wildman–Crippen MR) is 67.3 cm³/mol. The Labute approximate surface area is 100 Å². The monoisotopic (exact) mass is 229 g/mol. The molecule has 1 aromatic carbocycles. The van der Waals surface area contributed by atoms with Crippen molar-refractivity contribution in [2.75, 3.05) is 19.0 Å². The molecule has 1 aliphatic rings. The lowest BCUT2D eigenvalue weighted by Gasteiger charge is -2.18. The van der Waals surface area contributed by atoms with Gasteiger partial charge < -0.3 is 14.6 Å². The van der Waals surface area contributed by atoms with Gasteiger partial charge in [0, 0.05) is 13.1 Å². The summed E-state index contributed by atoms with van der Waals surface area (Å²) in [5, 5.41) is 3.35. The third-order valence-corrected chi connectivity index (χ3v) is 3.07. The quantitative estimate of drug-likeness (QED) is 0.859. The average Bonchev–Trinajstić information content (AvgIpc) is 2.82. The van der Waals surface area contributed by atoms with E-state index in [1.54, 1.807) is 7.11 Å². The van der Waals surface area contributed by atoms with E-state index < -0.39 is 0 Å². The van der Waals surface area contributed by atoms with Crippen molar-refractivity contribution in [1.29, 1.82) is 0 Å². The molecule has 0 atom stereocenters. The molecule has 0 radical (unpaired) electrons. The second-order valence-electron chi connectivity index (χ2n) is 4.10. The molecule has 1 N–H and O–H groups in total. The van der Waals surface area contributed by atoms with Gasteiger partial charge >= 0.3 is 0 Å². The summed E-state index contributed by atoms with van der Waals surface area (Å²) in [4.78, 5) is 4.50. The van der Waals surface area contributed by atoms with Crippen LogP contribution in [0.25, 0.3) is 11.4 Å². The van der Waals surface area contributed by atoms with Crippen molar-refractivity contribution in [2.45, 2.75) is 13.0 Å². The van der Waals surface area contributed by atoms with Gasteiger partial charge in [-0.2, -0.15) is 0 Å².